The molecule has 1 saturated heterocycles. The molecule has 0 bridgehead atoms. The number of carbonyl (C=O) groups is 1. The van der Waals surface area contributed by atoms with E-state index in [9.17, 15) is 4.79 Å². The summed E-state index contributed by atoms with van der Waals surface area (Å²) in [6, 6.07) is 15.9. The van der Waals surface area contributed by atoms with Crippen molar-refractivity contribution in [3.05, 3.63) is 59.7 Å². The van der Waals surface area contributed by atoms with E-state index in [-0.39, 0.29) is 5.91 Å². The zero-order valence-electron chi connectivity index (χ0n) is 20.6. The summed E-state index contributed by atoms with van der Waals surface area (Å²) in [6.07, 6.45) is 1.77. The standard InChI is InChI=1S/C27H38N2O5/c1-31-13-7-14-34-26-17-22(10-11-25(26)33-3)27(30)29(12-15-32-2)20-24-19-28-18-23(24)16-21-8-5-4-6-9-21/h4-6,8-11,17,23-24,28H,7,12-16,18-20H2,1-3H3/t23-,24+/m0/s1. The molecule has 1 fully saturated rings. The van der Waals surface area contributed by atoms with Crippen molar-refractivity contribution in [3.63, 3.8) is 0 Å². The maximum atomic E-state index is 13.6. The van der Waals surface area contributed by atoms with Gasteiger partial charge in [0.1, 0.15) is 0 Å². The van der Waals surface area contributed by atoms with Gasteiger partial charge in [-0.1, -0.05) is 30.3 Å². The zero-order valence-corrected chi connectivity index (χ0v) is 20.6. The molecule has 1 heterocycles. The average Bonchev–Trinajstić information content (AvgIpc) is 3.30. The first-order chi connectivity index (χ1) is 16.7. The average molecular weight is 471 g/mol. The van der Waals surface area contributed by atoms with Crippen LogP contribution in [0.5, 0.6) is 11.5 Å². The molecule has 0 unspecified atom stereocenters. The van der Waals surface area contributed by atoms with Crippen LogP contribution < -0.4 is 14.8 Å². The minimum atomic E-state index is -0.0215. The SMILES string of the molecule is COCCCOc1cc(C(=O)N(CCOC)C[C@H]2CNC[C@@H]2Cc2ccccc2)ccc1OC. The van der Waals surface area contributed by atoms with E-state index in [2.05, 4.69) is 29.6 Å². The summed E-state index contributed by atoms with van der Waals surface area (Å²) in [5, 5.41) is 3.52. The monoisotopic (exact) mass is 470 g/mol. The van der Waals surface area contributed by atoms with Gasteiger partial charge in [0.05, 0.1) is 20.3 Å². The van der Waals surface area contributed by atoms with Gasteiger partial charge in [0.15, 0.2) is 11.5 Å². The molecule has 2 aromatic rings. The Morgan fingerprint density at radius 1 is 0.941 bits per heavy atom. The lowest BCUT2D eigenvalue weighted by Crippen LogP contribution is -2.40. The summed E-state index contributed by atoms with van der Waals surface area (Å²) in [7, 11) is 4.93. The van der Waals surface area contributed by atoms with Crippen LogP contribution in [0.15, 0.2) is 48.5 Å². The Bertz CT molecular complexity index is 877. The van der Waals surface area contributed by atoms with Crippen LogP contribution in [0.3, 0.4) is 0 Å². The van der Waals surface area contributed by atoms with E-state index < -0.39 is 0 Å². The molecule has 2 atom stereocenters. The Balaban J connectivity index is 1.71. The fourth-order valence-corrected chi connectivity index (χ4v) is 4.41. The summed E-state index contributed by atoms with van der Waals surface area (Å²) in [4.78, 5) is 15.5. The molecule has 0 radical (unpaired) electrons. The van der Waals surface area contributed by atoms with Gasteiger partial charge in [-0.2, -0.15) is 0 Å². The molecule has 1 aliphatic rings. The predicted molar refractivity (Wildman–Crippen MR) is 133 cm³/mol. The number of hydrogen-bond acceptors (Lipinski definition) is 6. The molecule has 1 N–H and O–H groups in total. The van der Waals surface area contributed by atoms with Crippen LogP contribution in [-0.4, -0.2) is 78.1 Å². The second-order valence-corrected chi connectivity index (χ2v) is 8.67. The molecule has 7 heteroatoms. The van der Waals surface area contributed by atoms with Crippen molar-refractivity contribution in [2.24, 2.45) is 11.8 Å². The second kappa shape index (κ2) is 13.9. The van der Waals surface area contributed by atoms with Crippen LogP contribution in [0.25, 0.3) is 0 Å². The Morgan fingerprint density at radius 2 is 1.71 bits per heavy atom. The predicted octanol–water partition coefficient (Wildman–Crippen LogP) is 3.28. The van der Waals surface area contributed by atoms with Gasteiger partial charge < -0.3 is 29.2 Å². The Kier molecular flexibility index (Phi) is 10.7. The molecule has 7 nitrogen and oxygen atoms in total. The van der Waals surface area contributed by atoms with Gasteiger partial charge in [0.25, 0.3) is 5.91 Å². The van der Waals surface area contributed by atoms with Crippen molar-refractivity contribution in [1.82, 2.24) is 10.2 Å². The highest BCUT2D eigenvalue weighted by molar-refractivity contribution is 5.95. The van der Waals surface area contributed by atoms with Crippen LogP contribution >= 0.6 is 0 Å². The van der Waals surface area contributed by atoms with Gasteiger partial charge in [-0.05, 0) is 55.1 Å². The fraction of sp³-hybridized carbons (Fsp3) is 0.519. The molecule has 34 heavy (non-hydrogen) atoms. The van der Waals surface area contributed by atoms with E-state index in [1.807, 2.05) is 11.0 Å². The molecule has 0 saturated carbocycles. The van der Waals surface area contributed by atoms with Crippen LogP contribution in [0.4, 0.5) is 0 Å². The van der Waals surface area contributed by atoms with Crippen LogP contribution in [0.2, 0.25) is 0 Å². The number of nitrogens with one attached hydrogen (secondary N) is 1. The number of hydrogen-bond donors (Lipinski definition) is 1. The topological polar surface area (TPSA) is 69.3 Å². The van der Waals surface area contributed by atoms with Crippen molar-refractivity contribution >= 4 is 5.91 Å². The molecule has 1 aliphatic heterocycles. The molecular weight excluding hydrogens is 432 g/mol. The summed E-state index contributed by atoms with van der Waals surface area (Å²) < 4.78 is 21.7. The molecule has 186 valence electrons. The van der Waals surface area contributed by atoms with Crippen molar-refractivity contribution in [2.45, 2.75) is 12.8 Å². The molecule has 1 amide bonds. The molecule has 0 aliphatic carbocycles. The van der Waals surface area contributed by atoms with Crippen LogP contribution in [0, 0.1) is 11.8 Å². The highest BCUT2D eigenvalue weighted by Crippen LogP contribution is 2.29. The quantitative estimate of drug-likeness (QED) is 0.428. The lowest BCUT2D eigenvalue weighted by atomic mass is 9.89. The van der Waals surface area contributed by atoms with Gasteiger partial charge in [0.2, 0.25) is 0 Å². The normalized spacial score (nSPS) is 17.5. The van der Waals surface area contributed by atoms with Crippen LogP contribution in [0.1, 0.15) is 22.3 Å². The van der Waals surface area contributed by atoms with E-state index in [1.165, 1.54) is 5.56 Å². The number of ether oxygens (including phenoxy) is 4. The summed E-state index contributed by atoms with van der Waals surface area (Å²) in [5.41, 5.74) is 1.92. The first-order valence-corrected chi connectivity index (χ1v) is 12.0. The number of amides is 1. The Hall–Kier alpha value is -2.61. The molecular formula is C27H38N2O5. The van der Waals surface area contributed by atoms with E-state index in [1.54, 1.807) is 39.5 Å². The van der Waals surface area contributed by atoms with Gasteiger partial charge in [-0.25, -0.2) is 0 Å². The molecule has 2 aromatic carbocycles. The number of rotatable bonds is 14. The number of methoxy groups -OCH3 is 3. The summed E-state index contributed by atoms with van der Waals surface area (Å²) in [6.45, 7) is 4.70. The molecule has 0 spiro atoms. The molecule has 3 rings (SSSR count). The highest BCUT2D eigenvalue weighted by atomic mass is 16.5. The van der Waals surface area contributed by atoms with Crippen LogP contribution in [-0.2, 0) is 15.9 Å². The lowest BCUT2D eigenvalue weighted by Gasteiger charge is -2.28. The first-order valence-electron chi connectivity index (χ1n) is 12.0. The smallest absolute Gasteiger partial charge is 0.254 e. The Labute approximate surface area is 203 Å². The lowest BCUT2D eigenvalue weighted by molar-refractivity contribution is 0.0652. The maximum absolute atomic E-state index is 13.6. The third-order valence-electron chi connectivity index (χ3n) is 6.29. The first kappa shape index (κ1) is 26.0. The third kappa shape index (κ3) is 7.45. The number of benzene rings is 2. The number of nitrogens with zero attached hydrogens (tertiary/aromatic N) is 1. The summed E-state index contributed by atoms with van der Waals surface area (Å²) >= 11 is 0. The van der Waals surface area contributed by atoms with Crippen molar-refractivity contribution in [1.29, 1.82) is 0 Å². The maximum Gasteiger partial charge on any atom is 0.254 e. The largest absolute Gasteiger partial charge is 0.493 e. The fourth-order valence-electron chi connectivity index (χ4n) is 4.41. The van der Waals surface area contributed by atoms with E-state index >= 15 is 0 Å². The van der Waals surface area contributed by atoms with Gasteiger partial charge >= 0.3 is 0 Å². The Morgan fingerprint density at radius 3 is 2.44 bits per heavy atom. The van der Waals surface area contributed by atoms with Gasteiger partial charge in [-0.15, -0.1) is 0 Å². The van der Waals surface area contributed by atoms with Crippen molar-refractivity contribution in [2.75, 3.05) is 67.3 Å². The second-order valence-electron chi connectivity index (χ2n) is 8.67. The van der Waals surface area contributed by atoms with E-state index in [0.29, 0.717) is 61.8 Å². The molecule has 0 aromatic heterocycles. The van der Waals surface area contributed by atoms with Crippen molar-refractivity contribution < 1.29 is 23.7 Å². The van der Waals surface area contributed by atoms with E-state index in [4.69, 9.17) is 18.9 Å². The van der Waals surface area contributed by atoms with E-state index in [0.717, 1.165) is 25.9 Å². The van der Waals surface area contributed by atoms with Gasteiger partial charge in [-0.3, -0.25) is 4.79 Å². The van der Waals surface area contributed by atoms with Crippen molar-refractivity contribution in [3.8, 4) is 11.5 Å². The highest BCUT2D eigenvalue weighted by Gasteiger charge is 2.30. The number of carbonyl (C=O) groups excluding carboxylic acids is 1. The van der Waals surface area contributed by atoms with Gasteiger partial charge in [0, 0.05) is 45.9 Å². The summed E-state index contributed by atoms with van der Waals surface area (Å²) in [5.74, 6) is 2.02. The third-order valence-corrected chi connectivity index (χ3v) is 6.29. The zero-order chi connectivity index (χ0) is 24.2. The minimum absolute atomic E-state index is 0.0215. The minimum Gasteiger partial charge on any atom is -0.493 e.